The van der Waals surface area contributed by atoms with Crippen molar-refractivity contribution in [3.63, 3.8) is 0 Å². The topological polar surface area (TPSA) is 0 Å². The molecule has 35 heavy (non-hydrogen) atoms. The first-order valence-corrected chi connectivity index (χ1v) is 14.0. The van der Waals surface area contributed by atoms with E-state index in [-0.39, 0.29) is 10.8 Å². The first kappa shape index (κ1) is 32.9. The Morgan fingerprint density at radius 2 is 1.49 bits per heavy atom. The molecular weight excluding hydrogens is 420 g/mol. The third-order valence-electron chi connectivity index (χ3n) is 6.48. The Labute approximate surface area is 220 Å². The minimum absolute atomic E-state index is 0.115. The zero-order valence-electron chi connectivity index (χ0n) is 24.7. The minimum atomic E-state index is -0.158. The maximum Gasteiger partial charge on any atom is 0.0309 e. The second-order valence-electron chi connectivity index (χ2n) is 10.4. The number of hydrogen-bond donors (Lipinski definition) is 0. The fourth-order valence-corrected chi connectivity index (χ4v) is 4.49. The lowest BCUT2D eigenvalue weighted by Crippen LogP contribution is -2.26. The summed E-state index contributed by atoms with van der Waals surface area (Å²) < 4.78 is 0. The van der Waals surface area contributed by atoms with Crippen LogP contribution >= 0.6 is 0 Å². The van der Waals surface area contributed by atoms with E-state index >= 15 is 0 Å². The van der Waals surface area contributed by atoms with Gasteiger partial charge in [0.25, 0.3) is 0 Å². The van der Waals surface area contributed by atoms with Crippen LogP contribution in [-0.4, -0.2) is 0 Å². The summed E-state index contributed by atoms with van der Waals surface area (Å²) in [5.74, 6) is 0.504. The van der Waals surface area contributed by atoms with Gasteiger partial charge < -0.3 is 0 Å². The van der Waals surface area contributed by atoms with E-state index in [1.165, 1.54) is 16.7 Å². The minimum Gasteiger partial charge on any atom is -0.103 e. The van der Waals surface area contributed by atoms with Crippen LogP contribution in [0.2, 0.25) is 0 Å². The average molecular weight is 477 g/mol. The van der Waals surface area contributed by atoms with Gasteiger partial charge in [-0.05, 0) is 77.7 Å². The van der Waals surface area contributed by atoms with Crippen molar-refractivity contribution < 1.29 is 0 Å². The predicted octanol–water partition coefficient (Wildman–Crippen LogP) is 11.7. The Kier molecular flexibility index (Phi) is 17.1. The molecule has 0 nitrogen and oxygen atoms in total. The Morgan fingerprint density at radius 1 is 0.800 bits per heavy atom. The van der Waals surface area contributed by atoms with Crippen LogP contribution in [-0.2, 0) is 0 Å². The van der Waals surface area contributed by atoms with E-state index in [2.05, 4.69) is 142 Å². The molecule has 0 aliphatic rings. The molecule has 196 valence electrons. The van der Waals surface area contributed by atoms with Crippen LogP contribution in [0, 0.1) is 16.7 Å². The maximum absolute atomic E-state index is 4.19. The summed E-state index contributed by atoms with van der Waals surface area (Å²) in [6, 6.07) is 0. The van der Waals surface area contributed by atoms with Gasteiger partial charge in [0, 0.05) is 10.8 Å². The molecule has 0 amide bonds. The van der Waals surface area contributed by atoms with Crippen LogP contribution in [0.1, 0.15) is 107 Å². The van der Waals surface area contributed by atoms with Crippen LogP contribution in [0.5, 0.6) is 0 Å². The van der Waals surface area contributed by atoms with Gasteiger partial charge in [-0.3, -0.25) is 0 Å². The Hall–Kier alpha value is -2.08. The highest BCUT2D eigenvalue weighted by Gasteiger charge is 2.35. The molecule has 0 heteroatoms. The molecule has 0 aromatic rings. The third kappa shape index (κ3) is 11.5. The molecule has 0 spiro atoms. The molecule has 0 rings (SSSR count). The van der Waals surface area contributed by atoms with Gasteiger partial charge in [-0.15, -0.1) is 6.58 Å². The largest absolute Gasteiger partial charge is 0.103 e. The van der Waals surface area contributed by atoms with Crippen molar-refractivity contribution in [3.8, 4) is 0 Å². The standard InChI is InChI=1S/C35H56/c1-11-16-20-26-34(27-21-17-12-2,28-22-30(6)7)32(10)33(29-31(8)9)35(23-15-5,24-18-13-3)25-19-14-4/h13,15-16,18-22,25,27-30H,5,11-12,14,17,23-24,26H2,1-4,6-10H3. The van der Waals surface area contributed by atoms with E-state index in [1.807, 2.05) is 0 Å². The average Bonchev–Trinajstić information content (AvgIpc) is 2.82. The number of allylic oxidation sites excluding steroid dienone is 15. The molecule has 0 radical (unpaired) electrons. The molecule has 0 aromatic heterocycles. The molecule has 0 bridgehead atoms. The molecule has 0 aliphatic carbocycles. The summed E-state index contributed by atoms with van der Waals surface area (Å²) >= 11 is 0. The second-order valence-corrected chi connectivity index (χ2v) is 10.4. The van der Waals surface area contributed by atoms with Gasteiger partial charge >= 0.3 is 0 Å². The fraction of sp³-hybridized carbons (Fsp3) is 0.543. The Morgan fingerprint density at radius 3 is 2.00 bits per heavy atom. The molecule has 0 N–H and O–H groups in total. The lowest BCUT2D eigenvalue weighted by atomic mass is 9.65. The number of hydrogen-bond acceptors (Lipinski definition) is 0. The van der Waals surface area contributed by atoms with Crippen LogP contribution in [0.3, 0.4) is 0 Å². The fourth-order valence-electron chi connectivity index (χ4n) is 4.49. The summed E-state index contributed by atoms with van der Waals surface area (Å²) in [7, 11) is 0. The van der Waals surface area contributed by atoms with Crippen LogP contribution in [0.4, 0.5) is 0 Å². The first-order chi connectivity index (χ1) is 16.7. The Balaban J connectivity index is 7.66. The van der Waals surface area contributed by atoms with E-state index in [0.29, 0.717) is 5.92 Å². The highest BCUT2D eigenvalue weighted by Crippen LogP contribution is 2.47. The van der Waals surface area contributed by atoms with Gasteiger partial charge in [0.05, 0.1) is 0 Å². The first-order valence-electron chi connectivity index (χ1n) is 14.0. The molecule has 2 unspecified atom stereocenters. The number of unbranched alkanes of at least 4 members (excludes halogenated alkanes) is 1. The van der Waals surface area contributed by atoms with Crippen LogP contribution in [0.15, 0.2) is 96.2 Å². The maximum atomic E-state index is 4.19. The molecule has 0 aliphatic heterocycles. The van der Waals surface area contributed by atoms with E-state index in [0.717, 1.165) is 44.9 Å². The van der Waals surface area contributed by atoms with E-state index in [9.17, 15) is 0 Å². The molecule has 0 heterocycles. The van der Waals surface area contributed by atoms with Gasteiger partial charge in [0.1, 0.15) is 0 Å². The van der Waals surface area contributed by atoms with Crippen molar-refractivity contribution in [1.82, 2.24) is 0 Å². The molecule has 0 saturated heterocycles. The van der Waals surface area contributed by atoms with Crippen molar-refractivity contribution in [3.05, 3.63) is 96.2 Å². The van der Waals surface area contributed by atoms with E-state index in [1.54, 1.807) is 0 Å². The van der Waals surface area contributed by atoms with E-state index in [4.69, 9.17) is 0 Å². The van der Waals surface area contributed by atoms with Gasteiger partial charge in [0.15, 0.2) is 0 Å². The van der Waals surface area contributed by atoms with Gasteiger partial charge in [-0.2, -0.15) is 0 Å². The molecule has 2 atom stereocenters. The summed E-state index contributed by atoms with van der Waals surface area (Å²) in [4.78, 5) is 0. The van der Waals surface area contributed by atoms with Crippen molar-refractivity contribution in [1.29, 1.82) is 0 Å². The van der Waals surface area contributed by atoms with Gasteiger partial charge in [-0.25, -0.2) is 0 Å². The highest BCUT2D eigenvalue weighted by molar-refractivity contribution is 5.45. The summed E-state index contributed by atoms with van der Waals surface area (Å²) in [5.41, 5.74) is 3.93. The summed E-state index contributed by atoms with van der Waals surface area (Å²) in [6.45, 7) is 24.4. The van der Waals surface area contributed by atoms with E-state index < -0.39 is 0 Å². The lowest BCUT2D eigenvalue weighted by molar-refractivity contribution is 0.459. The zero-order chi connectivity index (χ0) is 26.7. The molecule has 0 aromatic carbocycles. The van der Waals surface area contributed by atoms with Crippen LogP contribution < -0.4 is 0 Å². The summed E-state index contributed by atoms with van der Waals surface area (Å²) in [6.07, 6.45) is 35.5. The molecular formula is C35H56. The predicted molar refractivity (Wildman–Crippen MR) is 163 cm³/mol. The monoisotopic (exact) mass is 476 g/mol. The highest BCUT2D eigenvalue weighted by atomic mass is 14.4. The lowest BCUT2D eigenvalue weighted by Gasteiger charge is -2.38. The van der Waals surface area contributed by atoms with Gasteiger partial charge in [-0.1, -0.05) is 125 Å². The second kappa shape index (κ2) is 18.2. The molecule has 0 fully saturated rings. The molecule has 0 saturated carbocycles. The van der Waals surface area contributed by atoms with Gasteiger partial charge in [0.2, 0.25) is 0 Å². The third-order valence-corrected chi connectivity index (χ3v) is 6.48. The SMILES string of the molecule is C=CCC(C=CCC)(CC=CC)C(C=C(C)C)=C(C)C(C=CCCC)(C=CC(C)C)CC=CCC. The normalized spacial score (nSPS) is 17.1. The zero-order valence-corrected chi connectivity index (χ0v) is 24.7. The van der Waals surface area contributed by atoms with Crippen molar-refractivity contribution >= 4 is 0 Å². The summed E-state index contributed by atoms with van der Waals surface area (Å²) in [5, 5.41) is 0. The quantitative estimate of drug-likeness (QED) is 0.145. The van der Waals surface area contributed by atoms with Crippen molar-refractivity contribution in [2.24, 2.45) is 16.7 Å². The van der Waals surface area contributed by atoms with Crippen LogP contribution in [0.25, 0.3) is 0 Å². The van der Waals surface area contributed by atoms with Crippen molar-refractivity contribution in [2.45, 2.75) is 107 Å². The Bertz CT molecular complexity index is 801. The smallest absolute Gasteiger partial charge is 0.0309 e. The van der Waals surface area contributed by atoms with Crippen molar-refractivity contribution in [2.75, 3.05) is 0 Å². The number of rotatable bonds is 17.